The zero-order chi connectivity index (χ0) is 15.1. The van der Waals surface area contributed by atoms with E-state index in [2.05, 4.69) is 46.9 Å². The molecule has 2 rings (SSSR count). The molecule has 0 unspecified atom stereocenters. The lowest BCUT2D eigenvalue weighted by molar-refractivity contribution is 0.309. The predicted octanol–water partition coefficient (Wildman–Crippen LogP) is 5.69. The maximum absolute atomic E-state index is 5.84. The molecule has 0 aliphatic carbocycles. The molecule has 0 saturated heterocycles. The van der Waals surface area contributed by atoms with E-state index in [0.717, 1.165) is 40.9 Å². The van der Waals surface area contributed by atoms with Crippen molar-refractivity contribution < 1.29 is 4.74 Å². The molecule has 0 aliphatic heterocycles. The normalized spacial score (nSPS) is 11.0. The summed E-state index contributed by atoms with van der Waals surface area (Å²) in [4.78, 5) is 4.52. The van der Waals surface area contributed by atoms with E-state index in [1.165, 1.54) is 5.56 Å². The van der Waals surface area contributed by atoms with E-state index >= 15 is 0 Å². The quantitative estimate of drug-likeness (QED) is 0.487. The van der Waals surface area contributed by atoms with Gasteiger partial charge in [-0.25, -0.2) is 0 Å². The molecular weight excluding hydrogens is 326 g/mol. The van der Waals surface area contributed by atoms with Crippen LogP contribution >= 0.6 is 15.9 Å². The molecule has 3 heteroatoms. The summed E-state index contributed by atoms with van der Waals surface area (Å²) in [5.74, 6) is 0.869. The van der Waals surface area contributed by atoms with Gasteiger partial charge in [-0.1, -0.05) is 47.0 Å². The molecular formula is C18H20BrNO. The molecule has 110 valence electrons. The fourth-order valence-electron chi connectivity index (χ4n) is 1.84. The van der Waals surface area contributed by atoms with Gasteiger partial charge in [0, 0.05) is 16.3 Å². The Balaban J connectivity index is 2.16. The SMILES string of the molecule is CCCCOc1cc(Br)ccc1C=Nc1ccc(C)cc1. The van der Waals surface area contributed by atoms with E-state index in [1.807, 2.05) is 36.5 Å². The van der Waals surface area contributed by atoms with Gasteiger partial charge in [0.1, 0.15) is 5.75 Å². The second kappa shape index (κ2) is 7.99. The number of rotatable bonds is 6. The smallest absolute Gasteiger partial charge is 0.129 e. The lowest BCUT2D eigenvalue weighted by atomic mass is 10.2. The van der Waals surface area contributed by atoms with Gasteiger partial charge in [0.15, 0.2) is 0 Å². The Morgan fingerprint density at radius 3 is 2.62 bits per heavy atom. The predicted molar refractivity (Wildman–Crippen MR) is 93.0 cm³/mol. The largest absolute Gasteiger partial charge is 0.493 e. The fourth-order valence-corrected chi connectivity index (χ4v) is 2.18. The molecule has 21 heavy (non-hydrogen) atoms. The Hall–Kier alpha value is -1.61. The Labute approximate surface area is 135 Å². The molecule has 0 heterocycles. The molecule has 0 aliphatic rings. The van der Waals surface area contributed by atoms with Crippen molar-refractivity contribution in [3.05, 3.63) is 58.1 Å². The first-order valence-corrected chi connectivity index (χ1v) is 8.01. The Morgan fingerprint density at radius 1 is 1.14 bits per heavy atom. The van der Waals surface area contributed by atoms with Gasteiger partial charge in [-0.15, -0.1) is 0 Å². The van der Waals surface area contributed by atoms with Gasteiger partial charge in [0.05, 0.1) is 12.3 Å². The van der Waals surface area contributed by atoms with Crippen LogP contribution in [0.15, 0.2) is 51.9 Å². The minimum Gasteiger partial charge on any atom is -0.493 e. The van der Waals surface area contributed by atoms with Crippen LogP contribution in [0.1, 0.15) is 30.9 Å². The third-order valence-corrected chi connectivity index (χ3v) is 3.61. The molecule has 0 aromatic heterocycles. The van der Waals surface area contributed by atoms with Gasteiger partial charge >= 0.3 is 0 Å². The van der Waals surface area contributed by atoms with Gasteiger partial charge in [-0.05, 0) is 43.7 Å². The average Bonchev–Trinajstić information content (AvgIpc) is 2.48. The van der Waals surface area contributed by atoms with Crippen LogP contribution in [-0.4, -0.2) is 12.8 Å². The summed E-state index contributed by atoms with van der Waals surface area (Å²) >= 11 is 3.48. The van der Waals surface area contributed by atoms with E-state index in [9.17, 15) is 0 Å². The molecule has 0 amide bonds. The summed E-state index contributed by atoms with van der Waals surface area (Å²) in [6.45, 7) is 4.96. The first kappa shape index (κ1) is 15.8. The summed E-state index contributed by atoms with van der Waals surface area (Å²) in [5, 5.41) is 0. The first-order chi connectivity index (χ1) is 10.2. The second-order valence-electron chi connectivity index (χ2n) is 4.98. The average molecular weight is 346 g/mol. The van der Waals surface area contributed by atoms with Gasteiger partial charge in [0.2, 0.25) is 0 Å². The number of halogens is 1. The van der Waals surface area contributed by atoms with E-state index in [1.54, 1.807) is 0 Å². The molecule has 0 fully saturated rings. The first-order valence-electron chi connectivity index (χ1n) is 7.22. The third-order valence-electron chi connectivity index (χ3n) is 3.12. The number of ether oxygens (including phenoxy) is 1. The minimum absolute atomic E-state index is 0.734. The van der Waals surface area contributed by atoms with E-state index in [-0.39, 0.29) is 0 Å². The second-order valence-corrected chi connectivity index (χ2v) is 5.89. The minimum atomic E-state index is 0.734. The van der Waals surface area contributed by atoms with Crippen LogP contribution in [0.3, 0.4) is 0 Å². The van der Waals surface area contributed by atoms with Crippen LogP contribution in [0, 0.1) is 6.92 Å². The number of benzene rings is 2. The Kier molecular flexibility index (Phi) is 6.00. The van der Waals surface area contributed by atoms with Crippen LogP contribution in [0.5, 0.6) is 5.75 Å². The van der Waals surface area contributed by atoms with Crippen molar-refractivity contribution in [2.75, 3.05) is 6.61 Å². The molecule has 2 aromatic carbocycles. The monoisotopic (exact) mass is 345 g/mol. The zero-order valence-corrected chi connectivity index (χ0v) is 14.1. The standard InChI is InChI=1S/C18H20BrNO/c1-3-4-11-21-18-12-16(19)8-7-15(18)13-20-17-9-5-14(2)6-10-17/h5-10,12-13H,3-4,11H2,1-2H3. The van der Waals surface area contributed by atoms with Crippen molar-refractivity contribution in [2.24, 2.45) is 4.99 Å². The maximum atomic E-state index is 5.84. The molecule has 2 nitrogen and oxygen atoms in total. The highest BCUT2D eigenvalue weighted by Gasteiger charge is 2.02. The number of hydrogen-bond acceptors (Lipinski definition) is 2. The highest BCUT2D eigenvalue weighted by Crippen LogP contribution is 2.23. The summed E-state index contributed by atoms with van der Waals surface area (Å²) in [6.07, 6.45) is 4.04. The van der Waals surface area contributed by atoms with Crippen molar-refractivity contribution in [3.63, 3.8) is 0 Å². The number of aryl methyl sites for hydroxylation is 1. The van der Waals surface area contributed by atoms with Gasteiger partial charge < -0.3 is 4.74 Å². The zero-order valence-electron chi connectivity index (χ0n) is 12.5. The third kappa shape index (κ3) is 5.01. The van der Waals surface area contributed by atoms with Crippen molar-refractivity contribution in [1.82, 2.24) is 0 Å². The van der Waals surface area contributed by atoms with Crippen LogP contribution in [0.4, 0.5) is 5.69 Å². The number of hydrogen-bond donors (Lipinski definition) is 0. The van der Waals surface area contributed by atoms with Crippen molar-refractivity contribution >= 4 is 27.8 Å². The van der Waals surface area contributed by atoms with Gasteiger partial charge in [-0.3, -0.25) is 4.99 Å². The highest BCUT2D eigenvalue weighted by atomic mass is 79.9. The molecule has 0 bridgehead atoms. The van der Waals surface area contributed by atoms with Crippen molar-refractivity contribution in [2.45, 2.75) is 26.7 Å². The van der Waals surface area contributed by atoms with E-state index in [0.29, 0.717) is 0 Å². The van der Waals surface area contributed by atoms with Gasteiger partial charge in [0.25, 0.3) is 0 Å². The molecule has 0 radical (unpaired) electrons. The van der Waals surface area contributed by atoms with Crippen LogP contribution in [-0.2, 0) is 0 Å². The molecule has 0 saturated carbocycles. The van der Waals surface area contributed by atoms with E-state index < -0.39 is 0 Å². The Bertz CT molecular complexity index is 605. The van der Waals surface area contributed by atoms with Crippen LogP contribution in [0.25, 0.3) is 0 Å². The topological polar surface area (TPSA) is 21.6 Å². The molecule has 0 spiro atoms. The Morgan fingerprint density at radius 2 is 1.90 bits per heavy atom. The van der Waals surface area contributed by atoms with Crippen molar-refractivity contribution in [1.29, 1.82) is 0 Å². The molecule has 0 N–H and O–H groups in total. The molecule has 2 aromatic rings. The highest BCUT2D eigenvalue weighted by molar-refractivity contribution is 9.10. The fraction of sp³-hybridized carbons (Fsp3) is 0.278. The summed E-state index contributed by atoms with van der Waals surface area (Å²) in [6, 6.07) is 14.2. The summed E-state index contributed by atoms with van der Waals surface area (Å²) < 4.78 is 6.86. The number of nitrogens with zero attached hydrogens (tertiary/aromatic N) is 1. The van der Waals surface area contributed by atoms with Crippen molar-refractivity contribution in [3.8, 4) is 5.75 Å². The lowest BCUT2D eigenvalue weighted by Gasteiger charge is -2.09. The van der Waals surface area contributed by atoms with E-state index in [4.69, 9.17) is 4.74 Å². The van der Waals surface area contributed by atoms with Crippen LogP contribution in [0.2, 0.25) is 0 Å². The summed E-state index contributed by atoms with van der Waals surface area (Å²) in [5.41, 5.74) is 3.18. The number of aliphatic imine (C=N–C) groups is 1. The summed E-state index contributed by atoms with van der Waals surface area (Å²) in [7, 11) is 0. The maximum Gasteiger partial charge on any atom is 0.129 e. The van der Waals surface area contributed by atoms with Gasteiger partial charge in [-0.2, -0.15) is 0 Å². The van der Waals surface area contributed by atoms with Crippen LogP contribution < -0.4 is 4.74 Å². The lowest BCUT2D eigenvalue weighted by Crippen LogP contribution is -1.99. The molecule has 0 atom stereocenters. The number of unbranched alkanes of at least 4 members (excludes halogenated alkanes) is 1.